The fraction of sp³-hybridized carbons (Fsp3) is 0.444. The van der Waals surface area contributed by atoms with Crippen LogP contribution in [0.3, 0.4) is 0 Å². The van der Waals surface area contributed by atoms with E-state index in [1.54, 1.807) is 25.6 Å². The molecule has 7 heteroatoms. The first-order valence-electron chi connectivity index (χ1n) is 8.12. The van der Waals surface area contributed by atoms with Gasteiger partial charge in [-0.3, -0.25) is 4.79 Å². The summed E-state index contributed by atoms with van der Waals surface area (Å²) < 4.78 is 10.7. The minimum atomic E-state index is -0.00906. The second-order valence-corrected chi connectivity index (χ2v) is 7.25. The average molecular weight is 361 g/mol. The highest BCUT2D eigenvalue weighted by Gasteiger charge is 2.28. The molecule has 0 unspecified atom stereocenters. The Balaban J connectivity index is 2.05. The van der Waals surface area contributed by atoms with Crippen LogP contribution in [0.5, 0.6) is 5.75 Å². The Morgan fingerprint density at radius 3 is 2.84 bits per heavy atom. The lowest BCUT2D eigenvalue weighted by atomic mass is 9.92. The van der Waals surface area contributed by atoms with E-state index in [0.717, 1.165) is 32.6 Å². The highest BCUT2D eigenvalue weighted by Crippen LogP contribution is 2.40. The predicted molar refractivity (Wildman–Crippen MR) is 98.5 cm³/mol. The average Bonchev–Trinajstić information content (AvgIpc) is 2.96. The molecule has 1 aromatic carbocycles. The van der Waals surface area contributed by atoms with Gasteiger partial charge in [0.1, 0.15) is 5.75 Å². The number of nitrogens with zero attached hydrogens (tertiary/aromatic N) is 2. The molecule has 1 amide bonds. The number of carbonyl (C=O) groups is 1. The Morgan fingerprint density at radius 2 is 2.16 bits per heavy atom. The summed E-state index contributed by atoms with van der Waals surface area (Å²) >= 11 is 1.65. The van der Waals surface area contributed by atoms with E-state index in [4.69, 9.17) is 14.5 Å². The molecule has 0 radical (unpaired) electrons. The minimum Gasteiger partial charge on any atom is -0.496 e. The Kier molecular flexibility index (Phi) is 5.24. The molecule has 1 atom stereocenters. The molecule has 2 aromatic rings. The molecular formula is C18H23N3O3S. The van der Waals surface area contributed by atoms with Crippen LogP contribution >= 0.6 is 11.3 Å². The van der Waals surface area contributed by atoms with Crippen molar-refractivity contribution in [3.8, 4) is 5.75 Å². The number of nitrogens with one attached hydrogen (secondary N) is 1. The topological polar surface area (TPSA) is 63.7 Å². The van der Waals surface area contributed by atoms with E-state index >= 15 is 0 Å². The van der Waals surface area contributed by atoms with Crippen LogP contribution in [0.15, 0.2) is 18.2 Å². The molecule has 1 aliphatic rings. The molecule has 0 spiro atoms. The van der Waals surface area contributed by atoms with Gasteiger partial charge < -0.3 is 19.7 Å². The van der Waals surface area contributed by atoms with Crippen molar-refractivity contribution in [1.82, 2.24) is 10.3 Å². The smallest absolute Gasteiger partial charge is 0.221 e. The summed E-state index contributed by atoms with van der Waals surface area (Å²) in [5.41, 5.74) is 3.01. The normalized spacial score (nSPS) is 16.8. The molecule has 0 bridgehead atoms. The van der Waals surface area contributed by atoms with Crippen LogP contribution in [-0.2, 0) is 22.7 Å². The zero-order valence-corrected chi connectivity index (χ0v) is 15.8. The van der Waals surface area contributed by atoms with Crippen LogP contribution in [-0.4, -0.2) is 39.2 Å². The molecule has 3 rings (SSSR count). The van der Waals surface area contributed by atoms with Gasteiger partial charge in [0.05, 0.1) is 26.0 Å². The Hall–Kier alpha value is -2.12. The molecule has 0 aliphatic carbocycles. The van der Waals surface area contributed by atoms with E-state index in [-0.39, 0.29) is 11.8 Å². The lowest BCUT2D eigenvalue weighted by Gasteiger charge is -2.17. The van der Waals surface area contributed by atoms with Crippen molar-refractivity contribution in [1.29, 1.82) is 0 Å². The highest BCUT2D eigenvalue weighted by atomic mass is 32.1. The van der Waals surface area contributed by atoms with Crippen molar-refractivity contribution in [2.75, 3.05) is 33.2 Å². The maximum Gasteiger partial charge on any atom is 0.221 e. The molecule has 0 saturated carbocycles. The van der Waals surface area contributed by atoms with Gasteiger partial charge in [0.2, 0.25) is 5.91 Å². The summed E-state index contributed by atoms with van der Waals surface area (Å²) in [7, 11) is 7.28. The number of carbonyl (C=O) groups excluding carboxylic acids is 1. The van der Waals surface area contributed by atoms with Crippen molar-refractivity contribution in [2.24, 2.45) is 0 Å². The third kappa shape index (κ3) is 3.62. The molecule has 134 valence electrons. The van der Waals surface area contributed by atoms with Gasteiger partial charge in [0.25, 0.3) is 0 Å². The Labute approximate surface area is 151 Å². The first-order chi connectivity index (χ1) is 12.0. The van der Waals surface area contributed by atoms with Crippen molar-refractivity contribution in [3.63, 3.8) is 0 Å². The van der Waals surface area contributed by atoms with Crippen LogP contribution in [0.25, 0.3) is 0 Å². The van der Waals surface area contributed by atoms with Gasteiger partial charge in [0, 0.05) is 44.0 Å². The van der Waals surface area contributed by atoms with E-state index in [1.807, 2.05) is 31.1 Å². The zero-order valence-electron chi connectivity index (χ0n) is 15.0. The summed E-state index contributed by atoms with van der Waals surface area (Å²) in [6.07, 6.45) is 0.417. The number of fused-ring (bicyclic) bond motifs is 1. The number of rotatable bonds is 5. The van der Waals surface area contributed by atoms with E-state index in [9.17, 15) is 4.79 Å². The predicted octanol–water partition coefficient (Wildman–Crippen LogP) is 2.52. The second-order valence-electron chi connectivity index (χ2n) is 6.24. The van der Waals surface area contributed by atoms with Gasteiger partial charge in [-0.2, -0.15) is 0 Å². The maximum atomic E-state index is 12.2. The summed E-state index contributed by atoms with van der Waals surface area (Å²) in [4.78, 5) is 20.0. The van der Waals surface area contributed by atoms with E-state index in [2.05, 4.69) is 11.4 Å². The van der Waals surface area contributed by atoms with Crippen LogP contribution in [0.4, 0.5) is 5.13 Å². The number of benzene rings is 1. The first kappa shape index (κ1) is 17.7. The quantitative estimate of drug-likeness (QED) is 0.887. The van der Waals surface area contributed by atoms with Crippen LogP contribution in [0.2, 0.25) is 0 Å². The van der Waals surface area contributed by atoms with E-state index < -0.39 is 0 Å². The molecule has 6 nitrogen and oxygen atoms in total. The van der Waals surface area contributed by atoms with Crippen molar-refractivity contribution in [2.45, 2.75) is 25.5 Å². The SMILES string of the molecule is COCc1cc([C@H]2CC(=O)NCc3nc(N(C)C)sc32)ccc1OC. The minimum absolute atomic E-state index is 0.00906. The van der Waals surface area contributed by atoms with Gasteiger partial charge in [-0.05, 0) is 17.7 Å². The van der Waals surface area contributed by atoms with E-state index in [0.29, 0.717) is 19.6 Å². The summed E-state index contributed by atoms with van der Waals surface area (Å²) in [6.45, 7) is 0.949. The monoisotopic (exact) mass is 361 g/mol. The van der Waals surface area contributed by atoms with Gasteiger partial charge in [-0.1, -0.05) is 6.07 Å². The molecule has 0 saturated heterocycles. The van der Waals surface area contributed by atoms with Crippen molar-refractivity contribution < 1.29 is 14.3 Å². The second kappa shape index (κ2) is 7.41. The number of thiazole rings is 1. The van der Waals surface area contributed by atoms with Crippen molar-refractivity contribution in [3.05, 3.63) is 39.9 Å². The maximum absolute atomic E-state index is 12.2. The van der Waals surface area contributed by atoms with Crippen LogP contribution in [0, 0.1) is 0 Å². The lowest BCUT2D eigenvalue weighted by molar-refractivity contribution is -0.121. The first-order valence-corrected chi connectivity index (χ1v) is 8.94. The summed E-state index contributed by atoms with van der Waals surface area (Å²) in [5, 5.41) is 3.91. The van der Waals surface area contributed by atoms with E-state index in [1.165, 1.54) is 0 Å². The van der Waals surface area contributed by atoms with Crippen LogP contribution in [0.1, 0.15) is 34.0 Å². The van der Waals surface area contributed by atoms with Gasteiger partial charge in [0.15, 0.2) is 5.13 Å². The number of aromatic nitrogens is 1. The highest BCUT2D eigenvalue weighted by molar-refractivity contribution is 7.15. The zero-order chi connectivity index (χ0) is 18.0. The molecule has 1 N–H and O–H groups in total. The number of methoxy groups -OCH3 is 2. The number of anilines is 1. The molecule has 0 fully saturated rings. The summed E-state index contributed by atoms with van der Waals surface area (Å²) in [6, 6.07) is 6.05. The standard InChI is InChI=1S/C18H23N3O3S/c1-21(2)18-20-14-9-19-16(22)8-13(17(14)25-18)11-5-6-15(24-4)12(7-11)10-23-3/h5-7,13H,8-10H2,1-4H3,(H,19,22)/t13-/m1/s1. The largest absolute Gasteiger partial charge is 0.496 e. The third-order valence-electron chi connectivity index (χ3n) is 4.26. The Morgan fingerprint density at radius 1 is 1.36 bits per heavy atom. The number of amides is 1. The number of ether oxygens (including phenoxy) is 2. The third-order valence-corrected chi connectivity index (χ3v) is 5.64. The van der Waals surface area contributed by atoms with Crippen molar-refractivity contribution >= 4 is 22.4 Å². The number of hydrogen-bond donors (Lipinski definition) is 1. The molecule has 1 aromatic heterocycles. The molecule has 2 heterocycles. The fourth-order valence-electron chi connectivity index (χ4n) is 3.03. The number of hydrogen-bond acceptors (Lipinski definition) is 6. The van der Waals surface area contributed by atoms with Crippen LogP contribution < -0.4 is 15.0 Å². The molecular weight excluding hydrogens is 338 g/mol. The summed E-state index contributed by atoms with van der Waals surface area (Å²) in [5.74, 6) is 0.832. The fourth-order valence-corrected chi connectivity index (χ4v) is 4.16. The van der Waals surface area contributed by atoms with Gasteiger partial charge in [-0.15, -0.1) is 11.3 Å². The Bertz CT molecular complexity index is 773. The van der Waals surface area contributed by atoms with Gasteiger partial charge in [-0.25, -0.2) is 4.98 Å². The molecule has 1 aliphatic heterocycles. The lowest BCUT2D eigenvalue weighted by Crippen LogP contribution is -2.21. The van der Waals surface area contributed by atoms with Gasteiger partial charge >= 0.3 is 0 Å². The molecule has 25 heavy (non-hydrogen) atoms.